The third kappa shape index (κ3) is 7.61. The summed E-state index contributed by atoms with van der Waals surface area (Å²) in [6.07, 6.45) is 1.64. The number of nitrogens with one attached hydrogen (secondary N) is 1. The van der Waals surface area contributed by atoms with Crippen LogP contribution in [0.2, 0.25) is 5.02 Å². The molecule has 0 radical (unpaired) electrons. The van der Waals surface area contributed by atoms with Crippen molar-refractivity contribution in [1.82, 2.24) is 10.2 Å². The molecule has 10 heteroatoms. The number of carbonyl (C=O) groups excluding carboxylic acids is 2. The van der Waals surface area contributed by atoms with Gasteiger partial charge in [0, 0.05) is 23.7 Å². The molecule has 0 spiro atoms. The molecule has 40 heavy (non-hydrogen) atoms. The molecule has 3 rings (SSSR count). The molecule has 3 aromatic rings. The first-order valence-corrected chi connectivity index (χ1v) is 14.9. The van der Waals surface area contributed by atoms with Gasteiger partial charge in [-0.25, -0.2) is 12.8 Å². The van der Waals surface area contributed by atoms with Gasteiger partial charge in [0.05, 0.1) is 10.6 Å². The fourth-order valence-electron chi connectivity index (χ4n) is 4.07. The lowest BCUT2D eigenvalue weighted by Gasteiger charge is -2.32. The predicted molar refractivity (Wildman–Crippen MR) is 156 cm³/mol. The molecular formula is C30H35ClFN3O4S. The Hall–Kier alpha value is -3.43. The van der Waals surface area contributed by atoms with E-state index in [0.29, 0.717) is 11.6 Å². The van der Waals surface area contributed by atoms with Crippen LogP contribution in [0.15, 0.2) is 71.6 Å². The minimum absolute atomic E-state index is 0.0473. The second-order valence-corrected chi connectivity index (χ2v) is 12.0. The monoisotopic (exact) mass is 587 g/mol. The maximum atomic E-state index is 14.6. The zero-order valence-electron chi connectivity index (χ0n) is 23.2. The van der Waals surface area contributed by atoms with Gasteiger partial charge in [-0.2, -0.15) is 0 Å². The molecule has 0 heterocycles. The number of sulfonamides is 1. The summed E-state index contributed by atoms with van der Waals surface area (Å²) in [4.78, 5) is 28.0. The summed E-state index contributed by atoms with van der Waals surface area (Å²) >= 11 is 5.98. The lowest BCUT2D eigenvalue weighted by molar-refractivity contribution is -0.139. The zero-order valence-corrected chi connectivity index (χ0v) is 24.7. The number of unbranched alkanes of at least 4 members (excludes halogenated alkanes) is 1. The summed E-state index contributed by atoms with van der Waals surface area (Å²) in [7, 11) is -4.22. The van der Waals surface area contributed by atoms with Crippen LogP contribution in [0.1, 0.15) is 43.4 Å². The maximum Gasteiger partial charge on any atom is 0.264 e. The molecule has 0 aliphatic carbocycles. The molecule has 0 fully saturated rings. The van der Waals surface area contributed by atoms with Gasteiger partial charge in [-0.3, -0.25) is 13.9 Å². The van der Waals surface area contributed by atoms with Gasteiger partial charge in [0.2, 0.25) is 11.8 Å². The van der Waals surface area contributed by atoms with Crippen molar-refractivity contribution < 1.29 is 22.4 Å². The topological polar surface area (TPSA) is 86.8 Å². The molecule has 0 aliphatic heterocycles. The Morgan fingerprint density at radius 1 is 1.00 bits per heavy atom. The third-order valence-electron chi connectivity index (χ3n) is 6.75. The molecule has 0 saturated carbocycles. The highest BCUT2D eigenvalue weighted by Gasteiger charge is 2.33. The van der Waals surface area contributed by atoms with Crippen molar-refractivity contribution in [2.75, 3.05) is 17.4 Å². The molecule has 1 N–H and O–H groups in total. The van der Waals surface area contributed by atoms with Crippen LogP contribution in [0.4, 0.5) is 10.1 Å². The van der Waals surface area contributed by atoms with E-state index < -0.39 is 40.2 Å². The molecule has 3 aromatic carbocycles. The number of benzene rings is 3. The van der Waals surface area contributed by atoms with Gasteiger partial charge in [-0.1, -0.05) is 49.2 Å². The fraction of sp³-hybridized carbons (Fsp3) is 0.333. The number of amides is 2. The lowest BCUT2D eigenvalue weighted by Crippen LogP contribution is -2.51. The minimum Gasteiger partial charge on any atom is -0.354 e. The van der Waals surface area contributed by atoms with Gasteiger partial charge in [0.1, 0.15) is 18.4 Å². The lowest BCUT2D eigenvalue weighted by atomic mass is 10.1. The fourth-order valence-corrected chi connectivity index (χ4v) is 5.60. The highest BCUT2D eigenvalue weighted by molar-refractivity contribution is 7.92. The molecule has 2 amide bonds. The third-order valence-corrected chi connectivity index (χ3v) is 8.79. The van der Waals surface area contributed by atoms with Crippen molar-refractivity contribution in [3.63, 3.8) is 0 Å². The number of anilines is 1. The van der Waals surface area contributed by atoms with Crippen molar-refractivity contribution >= 4 is 39.1 Å². The first-order valence-electron chi connectivity index (χ1n) is 13.1. The Kier molecular flexibility index (Phi) is 10.7. The number of nitrogens with zero attached hydrogens (tertiary/aromatic N) is 2. The van der Waals surface area contributed by atoms with E-state index in [2.05, 4.69) is 5.32 Å². The second kappa shape index (κ2) is 13.8. The van der Waals surface area contributed by atoms with Gasteiger partial charge in [0.15, 0.2) is 0 Å². The van der Waals surface area contributed by atoms with Crippen LogP contribution in [0.3, 0.4) is 0 Å². The molecular weight excluding hydrogens is 553 g/mol. The number of halogens is 2. The predicted octanol–water partition coefficient (Wildman–Crippen LogP) is 5.62. The Labute approximate surface area is 241 Å². The first-order chi connectivity index (χ1) is 18.9. The van der Waals surface area contributed by atoms with E-state index in [1.54, 1.807) is 31.2 Å². The van der Waals surface area contributed by atoms with Crippen LogP contribution < -0.4 is 9.62 Å². The summed E-state index contributed by atoms with van der Waals surface area (Å²) in [5.41, 5.74) is 2.30. The summed E-state index contributed by atoms with van der Waals surface area (Å²) in [6.45, 7) is 6.91. The van der Waals surface area contributed by atoms with Gasteiger partial charge < -0.3 is 10.2 Å². The van der Waals surface area contributed by atoms with Gasteiger partial charge >= 0.3 is 0 Å². The smallest absolute Gasteiger partial charge is 0.264 e. The molecule has 0 aliphatic rings. The molecule has 0 unspecified atom stereocenters. The summed E-state index contributed by atoms with van der Waals surface area (Å²) in [5, 5.41) is 3.18. The largest absolute Gasteiger partial charge is 0.354 e. The SMILES string of the molecule is CCCCNC(=O)[C@@H](C)N(Cc1ccccc1F)C(=O)CN(c1ccc(C)c(C)c1)S(=O)(=O)c1ccc(Cl)cc1. The summed E-state index contributed by atoms with van der Waals surface area (Å²) in [6, 6.07) is 15.8. The van der Waals surface area contributed by atoms with Crippen LogP contribution in [-0.4, -0.2) is 44.3 Å². The van der Waals surface area contributed by atoms with Crippen molar-refractivity contribution in [3.05, 3.63) is 94.3 Å². The number of aryl methyl sites for hydroxylation is 2. The average Bonchev–Trinajstić information content (AvgIpc) is 2.92. The van der Waals surface area contributed by atoms with E-state index in [1.807, 2.05) is 20.8 Å². The molecule has 7 nitrogen and oxygen atoms in total. The minimum atomic E-state index is -4.22. The van der Waals surface area contributed by atoms with Crippen molar-refractivity contribution in [2.24, 2.45) is 0 Å². The summed E-state index contributed by atoms with van der Waals surface area (Å²) in [5.74, 6) is -1.59. The van der Waals surface area contributed by atoms with E-state index in [4.69, 9.17) is 11.6 Å². The number of carbonyl (C=O) groups is 2. The quantitative estimate of drug-likeness (QED) is 0.279. The highest BCUT2D eigenvalue weighted by atomic mass is 35.5. The number of rotatable bonds is 12. The number of hydrogen-bond donors (Lipinski definition) is 1. The van der Waals surface area contributed by atoms with Crippen LogP contribution in [0.25, 0.3) is 0 Å². The Morgan fingerprint density at radius 3 is 2.30 bits per heavy atom. The van der Waals surface area contributed by atoms with Gasteiger partial charge in [0.25, 0.3) is 10.0 Å². The highest BCUT2D eigenvalue weighted by Crippen LogP contribution is 2.27. The summed E-state index contributed by atoms with van der Waals surface area (Å²) < 4.78 is 43.4. The molecule has 214 valence electrons. The van der Waals surface area contributed by atoms with Crippen LogP contribution in [0.5, 0.6) is 0 Å². The van der Waals surface area contributed by atoms with Crippen molar-refractivity contribution in [2.45, 2.75) is 58.0 Å². The standard InChI is InChI=1S/C30H35ClFN3O4S/c1-5-6-17-33-30(37)23(4)34(19-24-9-7-8-10-28(24)32)29(36)20-35(26-14-11-21(2)22(3)18-26)40(38,39)27-15-12-25(31)13-16-27/h7-16,18,23H,5-6,17,19-20H2,1-4H3,(H,33,37)/t23-/m1/s1. The van der Waals surface area contributed by atoms with Crippen LogP contribution in [-0.2, 0) is 26.2 Å². The second-order valence-electron chi connectivity index (χ2n) is 9.67. The number of hydrogen-bond acceptors (Lipinski definition) is 4. The van der Waals surface area contributed by atoms with Gasteiger partial charge in [-0.05, 0) is 80.8 Å². The Balaban J connectivity index is 2.03. The van der Waals surface area contributed by atoms with E-state index in [1.165, 1.54) is 47.4 Å². The average molecular weight is 588 g/mol. The van der Waals surface area contributed by atoms with Gasteiger partial charge in [-0.15, -0.1) is 0 Å². The van der Waals surface area contributed by atoms with E-state index in [0.717, 1.165) is 28.3 Å². The zero-order chi connectivity index (χ0) is 29.4. The Morgan fingerprint density at radius 2 is 1.68 bits per heavy atom. The van der Waals surface area contributed by atoms with E-state index in [-0.39, 0.29) is 22.7 Å². The molecule has 1 atom stereocenters. The molecule has 0 saturated heterocycles. The maximum absolute atomic E-state index is 14.6. The molecule has 0 bridgehead atoms. The van der Waals surface area contributed by atoms with Crippen LogP contribution >= 0.6 is 11.6 Å². The van der Waals surface area contributed by atoms with Crippen LogP contribution in [0, 0.1) is 19.7 Å². The Bertz CT molecular complexity index is 1450. The van der Waals surface area contributed by atoms with E-state index >= 15 is 0 Å². The van der Waals surface area contributed by atoms with Crippen molar-refractivity contribution in [1.29, 1.82) is 0 Å². The van der Waals surface area contributed by atoms with E-state index in [9.17, 15) is 22.4 Å². The normalized spacial score (nSPS) is 12.1. The molecule has 0 aromatic heterocycles. The first kappa shape index (κ1) is 31.1. The van der Waals surface area contributed by atoms with Crippen molar-refractivity contribution in [3.8, 4) is 0 Å².